The normalized spacial score (nSPS) is 12.0. The van der Waals surface area contributed by atoms with Gasteiger partial charge in [-0.3, -0.25) is 4.79 Å². The van der Waals surface area contributed by atoms with Crippen molar-refractivity contribution >= 4 is 12.4 Å². The topological polar surface area (TPSA) is 75.6 Å². The molecule has 0 fully saturated rings. The van der Waals surface area contributed by atoms with Crippen LogP contribution in [0, 0.1) is 0 Å². The predicted octanol–water partition coefficient (Wildman–Crippen LogP) is 1.91. The summed E-state index contributed by atoms with van der Waals surface area (Å²) in [5.74, 6) is -0.281. The molecule has 0 saturated heterocycles. The van der Waals surface area contributed by atoms with Crippen LogP contribution in [0.5, 0.6) is 5.75 Å². The molecule has 5 nitrogen and oxygen atoms in total. The van der Waals surface area contributed by atoms with E-state index in [-0.39, 0.29) is 5.60 Å². The van der Waals surface area contributed by atoms with Crippen LogP contribution < -0.4 is 10.1 Å². The summed E-state index contributed by atoms with van der Waals surface area (Å²) in [6.07, 6.45) is 2.30. The third kappa shape index (κ3) is 6.61. The van der Waals surface area contributed by atoms with E-state index in [0.717, 1.165) is 11.3 Å². The van der Waals surface area contributed by atoms with Gasteiger partial charge in [-0.25, -0.2) is 0 Å². The van der Waals surface area contributed by atoms with Crippen LogP contribution in [0.15, 0.2) is 24.3 Å². The van der Waals surface area contributed by atoms with Crippen molar-refractivity contribution in [2.75, 3.05) is 0 Å². The Balaban J connectivity index is 0.00000400. The van der Waals surface area contributed by atoms with Gasteiger partial charge in [-0.15, -0.1) is 0 Å². The largest absolute Gasteiger partial charge is 0.520 e. The Kier molecular flexibility index (Phi) is 6.44. The summed E-state index contributed by atoms with van der Waals surface area (Å²) in [7, 11) is 0. The molecule has 0 saturated carbocycles. The number of amides is 1. The fraction of sp³-hybridized carbons (Fsp3) is 0.467. The number of nitrogens with one attached hydrogen (secondary N) is 1. The van der Waals surface area contributed by atoms with Gasteiger partial charge in [0.25, 0.3) is 0 Å². The molecule has 21 heavy (non-hydrogen) atoms. The van der Waals surface area contributed by atoms with Crippen molar-refractivity contribution in [2.24, 2.45) is 0 Å². The Morgan fingerprint density at radius 1 is 1.33 bits per heavy atom. The maximum Gasteiger partial charge on any atom is 0.323 e. The number of benzene rings is 1. The maximum absolute atomic E-state index is 10.9. The van der Waals surface area contributed by atoms with Crippen LogP contribution in [0.1, 0.15) is 32.8 Å². The zero-order valence-electron chi connectivity index (χ0n) is 12.3. The van der Waals surface area contributed by atoms with Crippen molar-refractivity contribution in [1.29, 1.82) is 0 Å². The second kappa shape index (κ2) is 7.53. The predicted molar refractivity (Wildman–Crippen MR) is 75.4 cm³/mol. The van der Waals surface area contributed by atoms with Gasteiger partial charge < -0.3 is 20.0 Å². The molecule has 0 radical (unpaired) electrons. The van der Waals surface area contributed by atoms with Crippen LogP contribution in [-0.4, -0.2) is 29.1 Å². The summed E-state index contributed by atoms with van der Waals surface area (Å²) in [5, 5.41) is 11.1. The third-order valence-electron chi connectivity index (χ3n) is 2.60. The number of hydrogen-bond acceptors (Lipinski definition) is 3. The van der Waals surface area contributed by atoms with Gasteiger partial charge in [-0.2, -0.15) is 6.41 Å². The number of aryl methyl sites for hydroxylation is 1. The summed E-state index contributed by atoms with van der Waals surface area (Å²) in [5.41, 5.74) is 0.741. The molecule has 2 N–H and O–H groups in total. The Hall–Kier alpha value is -3.04. The second-order valence-corrected chi connectivity index (χ2v) is 5.53. The van der Waals surface area contributed by atoms with Gasteiger partial charge in [0.1, 0.15) is 11.4 Å². The first-order chi connectivity index (χ1) is 9.31. The van der Waals surface area contributed by atoms with Crippen molar-refractivity contribution in [3.63, 3.8) is 0 Å². The van der Waals surface area contributed by atoms with Crippen molar-refractivity contribution in [2.45, 2.75) is 45.3 Å². The van der Waals surface area contributed by atoms with Crippen molar-refractivity contribution < 1.29 is 19.4 Å². The minimum absolute atomic E-state index is 0. The summed E-state index contributed by atoms with van der Waals surface area (Å²) in [6.45, 7) is 5.92. The smallest absolute Gasteiger partial charge is 0.323 e. The Bertz CT molecular complexity index is 454. The molecule has 6 heteroatoms. The Morgan fingerprint density at radius 3 is 2.33 bits per heavy atom. The van der Waals surface area contributed by atoms with Gasteiger partial charge in [0.15, 0.2) is 0 Å². The van der Waals surface area contributed by atoms with E-state index in [1.165, 1.54) is 6.41 Å². The van der Waals surface area contributed by atoms with Gasteiger partial charge >= 0.3 is 5.97 Å². The number of carboxylic acid groups (broad SMARTS) is 1. The molecule has 1 unspecified atom stereocenters. The van der Waals surface area contributed by atoms with Crippen molar-refractivity contribution in [3.05, 3.63) is 29.8 Å². The number of hydrogen-bond donors (Lipinski definition) is 2. The molecule has 1 rings (SSSR count). The number of carbonyl (C=O) groups excluding carboxylic acids is 1. The average molecular weight is 535 g/mol. The molecular weight excluding hydrogens is 515 g/mol. The zero-order chi connectivity index (χ0) is 15.2. The molecule has 1 aromatic carbocycles. The molecule has 0 bridgehead atoms. The Morgan fingerprint density at radius 2 is 1.90 bits per heavy atom. The molecular formula is C15H20FmNO4-. The minimum atomic E-state index is -1.05. The van der Waals surface area contributed by atoms with Crippen LogP contribution >= 0.6 is 0 Å². The van der Waals surface area contributed by atoms with Gasteiger partial charge in [-0.1, -0.05) is 12.1 Å². The van der Waals surface area contributed by atoms with E-state index >= 15 is 0 Å². The fourth-order valence-electron chi connectivity index (χ4n) is 1.72. The SMILES string of the molecule is CC(C)(C)Oc1ccc(CCC(N[C-]=O)C(=O)O)cc1.[Fm]. The Labute approximate surface area is 118 Å². The summed E-state index contributed by atoms with van der Waals surface area (Å²) < 4.78 is 5.70. The molecule has 1 atom stereocenters. The molecule has 1 aromatic rings. The first-order valence-electron chi connectivity index (χ1n) is 6.45. The number of rotatable bonds is 7. The fourth-order valence-corrected chi connectivity index (χ4v) is 1.72. The third-order valence-corrected chi connectivity index (χ3v) is 2.60. The van der Waals surface area contributed by atoms with Crippen LogP contribution in [0.25, 0.3) is 0 Å². The number of aliphatic carboxylic acids is 1. The van der Waals surface area contributed by atoms with Gasteiger partial charge in [0, 0.05) is 0 Å². The van der Waals surface area contributed by atoms with E-state index in [9.17, 15) is 9.59 Å². The quantitative estimate of drug-likeness (QED) is 0.414. The first kappa shape index (κ1) is 18.0. The van der Waals surface area contributed by atoms with Crippen LogP contribution in [0.3, 0.4) is 0 Å². The molecule has 0 spiro atoms. The van der Waals surface area contributed by atoms with E-state index in [1.54, 1.807) is 0 Å². The maximum atomic E-state index is 10.9. The van der Waals surface area contributed by atoms with E-state index in [4.69, 9.17) is 9.84 Å². The number of carbonyl (C=O) groups is 1. The molecule has 0 aromatic heterocycles. The summed E-state index contributed by atoms with van der Waals surface area (Å²) >= 11 is 0. The molecule has 0 heterocycles. The van der Waals surface area contributed by atoms with Crippen LogP contribution in [0.4, 0.5) is 0 Å². The molecule has 0 aliphatic heterocycles. The summed E-state index contributed by atoms with van der Waals surface area (Å²) in [6, 6.07) is 6.60. The molecule has 0 aliphatic rings. The van der Waals surface area contributed by atoms with E-state index < -0.39 is 12.0 Å². The minimum Gasteiger partial charge on any atom is -0.520 e. The molecule has 0 aliphatic carbocycles. The van der Waals surface area contributed by atoms with Gasteiger partial charge in [-0.05, 0) is 51.3 Å². The average Bonchev–Trinajstić information content (AvgIpc) is 2.34. The van der Waals surface area contributed by atoms with Crippen LogP contribution in [0.2, 0.25) is 0 Å². The van der Waals surface area contributed by atoms with Gasteiger partial charge in [0.05, 0.1) is 6.04 Å². The second-order valence-electron chi connectivity index (χ2n) is 5.53. The number of carboxylic acids is 1. The number of ether oxygens (including phenoxy) is 1. The zero-order valence-corrected chi connectivity index (χ0v) is 14.7. The van der Waals surface area contributed by atoms with E-state index in [2.05, 4.69) is 5.32 Å². The first-order valence-corrected chi connectivity index (χ1v) is 6.45. The van der Waals surface area contributed by atoms with Crippen LogP contribution in [-0.2, 0) is 16.0 Å². The standard InChI is InChI=1S/C15H20NO4.Fm/c1-15(2,3)20-12-7-4-11(5-8-12)6-9-13(14(18)19)16-10-17;/h4-5,7-8,13H,6,9H2,1-3H3,(H,16,17)(H,18,19);/q-1;. The van der Waals surface area contributed by atoms with E-state index in [1.807, 2.05) is 45.0 Å². The van der Waals surface area contributed by atoms with E-state index in [0.29, 0.717) is 12.8 Å². The monoisotopic (exact) mass is 535 g/mol. The molecule has 1 amide bonds. The summed E-state index contributed by atoms with van der Waals surface area (Å²) in [4.78, 5) is 21.1. The van der Waals surface area contributed by atoms with Gasteiger partial charge in [0.2, 0.25) is 0 Å². The van der Waals surface area contributed by atoms with Crippen molar-refractivity contribution in [3.8, 4) is 5.75 Å². The molecule has 122 valence electrons. The van der Waals surface area contributed by atoms with Crippen molar-refractivity contribution in [1.82, 2.24) is 5.32 Å².